The van der Waals surface area contributed by atoms with Gasteiger partial charge in [-0.3, -0.25) is 9.59 Å². The number of hydrogen-bond acceptors (Lipinski definition) is 3. The summed E-state index contributed by atoms with van der Waals surface area (Å²) in [7, 11) is 0. The number of piperazine rings is 1. The van der Waals surface area contributed by atoms with Crippen molar-refractivity contribution in [2.45, 2.75) is 31.7 Å². The molecule has 3 rings (SSSR count). The summed E-state index contributed by atoms with van der Waals surface area (Å²) in [5.41, 5.74) is 0. The van der Waals surface area contributed by atoms with Gasteiger partial charge in [-0.1, -0.05) is 0 Å². The van der Waals surface area contributed by atoms with Crippen LogP contribution in [-0.2, 0) is 14.3 Å². The van der Waals surface area contributed by atoms with Crippen LogP contribution in [0.1, 0.15) is 25.7 Å². The van der Waals surface area contributed by atoms with Gasteiger partial charge >= 0.3 is 0 Å². The van der Waals surface area contributed by atoms with Gasteiger partial charge in [-0.05, 0) is 31.6 Å². The molecule has 0 N–H and O–H groups in total. The zero-order valence-electron chi connectivity index (χ0n) is 10.6. The topological polar surface area (TPSA) is 49.9 Å². The van der Waals surface area contributed by atoms with Gasteiger partial charge in [0.05, 0.1) is 13.2 Å². The van der Waals surface area contributed by atoms with Gasteiger partial charge in [0.15, 0.2) is 0 Å². The Morgan fingerprint density at radius 2 is 2.11 bits per heavy atom. The largest absolute Gasteiger partial charge is 0.381 e. The van der Waals surface area contributed by atoms with E-state index in [9.17, 15) is 9.59 Å². The van der Waals surface area contributed by atoms with Crippen molar-refractivity contribution in [3.8, 4) is 0 Å². The Bertz CT molecular complexity index is 352. The summed E-state index contributed by atoms with van der Waals surface area (Å²) >= 11 is 0. The third kappa shape index (κ3) is 2.11. The fourth-order valence-electron chi connectivity index (χ4n) is 3.28. The molecule has 2 unspecified atom stereocenters. The quantitative estimate of drug-likeness (QED) is 0.707. The molecule has 2 amide bonds. The number of amides is 2. The van der Waals surface area contributed by atoms with Crippen molar-refractivity contribution in [1.82, 2.24) is 9.80 Å². The van der Waals surface area contributed by atoms with Crippen LogP contribution < -0.4 is 0 Å². The first-order valence-electron chi connectivity index (χ1n) is 6.91. The molecule has 2 atom stereocenters. The highest BCUT2D eigenvalue weighted by molar-refractivity contribution is 5.95. The molecule has 0 spiro atoms. The highest BCUT2D eigenvalue weighted by Gasteiger charge is 2.42. The second kappa shape index (κ2) is 4.88. The Hall–Kier alpha value is -1.10. The SMILES string of the molecule is O=C1C2CCCN2C(=O)CN1CC1CCCOC1. The van der Waals surface area contributed by atoms with Crippen LogP contribution >= 0.6 is 0 Å². The van der Waals surface area contributed by atoms with Gasteiger partial charge in [-0.25, -0.2) is 0 Å². The van der Waals surface area contributed by atoms with E-state index in [-0.39, 0.29) is 24.4 Å². The molecule has 18 heavy (non-hydrogen) atoms. The molecule has 3 aliphatic heterocycles. The second-order valence-corrected chi connectivity index (χ2v) is 5.55. The van der Waals surface area contributed by atoms with Crippen LogP contribution in [-0.4, -0.2) is 60.5 Å². The van der Waals surface area contributed by atoms with E-state index in [1.807, 2.05) is 0 Å². The van der Waals surface area contributed by atoms with E-state index >= 15 is 0 Å². The van der Waals surface area contributed by atoms with E-state index in [1.165, 1.54) is 0 Å². The molecule has 5 heteroatoms. The minimum Gasteiger partial charge on any atom is -0.381 e. The van der Waals surface area contributed by atoms with Gasteiger partial charge < -0.3 is 14.5 Å². The fraction of sp³-hybridized carbons (Fsp3) is 0.846. The van der Waals surface area contributed by atoms with Crippen LogP contribution in [0.2, 0.25) is 0 Å². The monoisotopic (exact) mass is 252 g/mol. The molecule has 5 nitrogen and oxygen atoms in total. The summed E-state index contributed by atoms with van der Waals surface area (Å²) in [6.45, 7) is 3.28. The molecule has 100 valence electrons. The smallest absolute Gasteiger partial charge is 0.245 e. The average Bonchev–Trinajstić information content (AvgIpc) is 2.87. The van der Waals surface area contributed by atoms with E-state index < -0.39 is 0 Å². The van der Waals surface area contributed by atoms with Crippen molar-refractivity contribution < 1.29 is 14.3 Å². The summed E-state index contributed by atoms with van der Waals surface area (Å²) in [4.78, 5) is 27.8. The summed E-state index contributed by atoms with van der Waals surface area (Å²) < 4.78 is 5.44. The summed E-state index contributed by atoms with van der Waals surface area (Å²) in [6, 6.07) is -0.171. The van der Waals surface area contributed by atoms with E-state index in [0.29, 0.717) is 12.5 Å². The molecule has 3 heterocycles. The molecular formula is C13H20N2O3. The van der Waals surface area contributed by atoms with Gasteiger partial charge in [0, 0.05) is 19.7 Å². The van der Waals surface area contributed by atoms with Crippen LogP contribution in [0.4, 0.5) is 0 Å². The third-order valence-corrected chi connectivity index (χ3v) is 4.23. The van der Waals surface area contributed by atoms with Crippen LogP contribution in [0.3, 0.4) is 0 Å². The molecule has 3 fully saturated rings. The molecule has 0 bridgehead atoms. The normalized spacial score (nSPS) is 32.9. The first kappa shape index (κ1) is 12.0. The lowest BCUT2D eigenvalue weighted by atomic mass is 10.0. The zero-order valence-corrected chi connectivity index (χ0v) is 10.6. The van der Waals surface area contributed by atoms with Gasteiger partial charge in [0.2, 0.25) is 11.8 Å². The van der Waals surface area contributed by atoms with Gasteiger partial charge in [0.1, 0.15) is 6.04 Å². The zero-order chi connectivity index (χ0) is 12.5. The Morgan fingerprint density at radius 3 is 2.89 bits per heavy atom. The standard InChI is InChI=1S/C13H20N2O3/c16-12-8-14(7-10-3-2-6-18-9-10)13(17)11-4-1-5-15(11)12/h10-11H,1-9H2. The Labute approximate surface area is 107 Å². The summed E-state index contributed by atoms with van der Waals surface area (Å²) in [5.74, 6) is 0.676. The Morgan fingerprint density at radius 1 is 1.22 bits per heavy atom. The number of hydrogen-bond donors (Lipinski definition) is 0. The van der Waals surface area contributed by atoms with Crippen molar-refractivity contribution >= 4 is 11.8 Å². The molecule has 0 aromatic heterocycles. The number of carbonyl (C=O) groups excluding carboxylic acids is 2. The van der Waals surface area contributed by atoms with E-state index in [4.69, 9.17) is 4.74 Å². The van der Waals surface area contributed by atoms with Crippen molar-refractivity contribution in [3.05, 3.63) is 0 Å². The third-order valence-electron chi connectivity index (χ3n) is 4.23. The molecule has 0 aromatic rings. The average molecular weight is 252 g/mol. The number of fused-ring (bicyclic) bond motifs is 1. The highest BCUT2D eigenvalue weighted by Crippen LogP contribution is 2.25. The van der Waals surface area contributed by atoms with E-state index in [1.54, 1.807) is 9.80 Å². The fourth-order valence-corrected chi connectivity index (χ4v) is 3.28. The molecule has 3 aliphatic rings. The lowest BCUT2D eigenvalue weighted by Gasteiger charge is -2.38. The number of rotatable bonds is 2. The minimum absolute atomic E-state index is 0.119. The molecule has 0 aliphatic carbocycles. The van der Waals surface area contributed by atoms with Crippen LogP contribution in [0.15, 0.2) is 0 Å². The van der Waals surface area contributed by atoms with Crippen molar-refractivity contribution in [2.75, 3.05) is 32.8 Å². The maximum absolute atomic E-state index is 12.3. The van der Waals surface area contributed by atoms with Crippen LogP contribution in [0.5, 0.6) is 0 Å². The Balaban J connectivity index is 1.65. The predicted octanol–water partition coefficient (Wildman–Crippen LogP) is 0.246. The molecule has 0 radical (unpaired) electrons. The lowest BCUT2D eigenvalue weighted by Crippen LogP contribution is -2.58. The summed E-state index contributed by atoms with van der Waals surface area (Å²) in [5, 5.41) is 0. The maximum atomic E-state index is 12.3. The van der Waals surface area contributed by atoms with Gasteiger partial charge in [-0.2, -0.15) is 0 Å². The summed E-state index contributed by atoms with van der Waals surface area (Å²) in [6.07, 6.45) is 3.97. The molecule has 3 saturated heterocycles. The molecule has 0 saturated carbocycles. The van der Waals surface area contributed by atoms with Crippen LogP contribution in [0, 0.1) is 5.92 Å². The predicted molar refractivity (Wildman–Crippen MR) is 64.9 cm³/mol. The van der Waals surface area contributed by atoms with Crippen molar-refractivity contribution in [2.24, 2.45) is 5.92 Å². The van der Waals surface area contributed by atoms with E-state index in [0.717, 1.165) is 45.4 Å². The highest BCUT2D eigenvalue weighted by atomic mass is 16.5. The van der Waals surface area contributed by atoms with Crippen molar-refractivity contribution in [1.29, 1.82) is 0 Å². The van der Waals surface area contributed by atoms with Gasteiger partial charge in [-0.15, -0.1) is 0 Å². The van der Waals surface area contributed by atoms with Gasteiger partial charge in [0.25, 0.3) is 0 Å². The molecule has 0 aromatic carbocycles. The second-order valence-electron chi connectivity index (χ2n) is 5.55. The minimum atomic E-state index is -0.171. The first-order valence-corrected chi connectivity index (χ1v) is 6.91. The lowest BCUT2D eigenvalue weighted by molar-refractivity contribution is -0.154. The number of carbonyl (C=O) groups is 2. The first-order chi connectivity index (χ1) is 8.75. The van der Waals surface area contributed by atoms with Crippen LogP contribution in [0.25, 0.3) is 0 Å². The number of nitrogens with zero attached hydrogens (tertiary/aromatic N) is 2. The van der Waals surface area contributed by atoms with Crippen molar-refractivity contribution in [3.63, 3.8) is 0 Å². The van der Waals surface area contributed by atoms with E-state index in [2.05, 4.69) is 0 Å². The number of ether oxygens (including phenoxy) is 1. The maximum Gasteiger partial charge on any atom is 0.245 e. The Kier molecular flexibility index (Phi) is 3.24. The molecular weight excluding hydrogens is 232 g/mol.